The third kappa shape index (κ3) is 3.29. The quantitative estimate of drug-likeness (QED) is 0.808. The van der Waals surface area contributed by atoms with Crippen molar-refractivity contribution in [3.8, 4) is 5.75 Å². The maximum atomic E-state index is 5.29. The fourth-order valence-corrected chi connectivity index (χ4v) is 2.44. The van der Waals surface area contributed by atoms with Gasteiger partial charge in [0.15, 0.2) is 0 Å². The predicted octanol–water partition coefficient (Wildman–Crippen LogP) is 3.12. The topological polar surface area (TPSA) is 26.2 Å². The van der Waals surface area contributed by atoms with E-state index in [2.05, 4.69) is 49.1 Å². The third-order valence-corrected chi connectivity index (χ3v) is 3.46. The van der Waals surface area contributed by atoms with Gasteiger partial charge in [-0.3, -0.25) is 0 Å². The van der Waals surface area contributed by atoms with Gasteiger partial charge < -0.3 is 14.6 Å². The Hall–Kier alpha value is -1.48. The number of fused-ring (bicyclic) bond motifs is 1. The van der Waals surface area contributed by atoms with Gasteiger partial charge in [-0.25, -0.2) is 0 Å². The molecule has 19 heavy (non-hydrogen) atoms. The van der Waals surface area contributed by atoms with Crippen LogP contribution >= 0.6 is 0 Å². The molecule has 2 rings (SSSR count). The molecule has 3 nitrogen and oxygen atoms in total. The first kappa shape index (κ1) is 13.9. The molecule has 0 spiro atoms. The first-order valence-corrected chi connectivity index (χ1v) is 6.97. The lowest BCUT2D eigenvalue weighted by atomic mass is 10.1. The maximum Gasteiger partial charge on any atom is 0.120 e. The van der Waals surface area contributed by atoms with Crippen LogP contribution in [0.15, 0.2) is 24.4 Å². The molecule has 0 unspecified atom stereocenters. The Bertz CT molecular complexity index is 543. The molecule has 1 N–H and O–H groups in total. The van der Waals surface area contributed by atoms with Crippen LogP contribution in [0.1, 0.15) is 25.8 Å². The van der Waals surface area contributed by atoms with Gasteiger partial charge in [-0.05, 0) is 37.1 Å². The molecular weight excluding hydrogens is 236 g/mol. The number of aromatic nitrogens is 1. The highest BCUT2D eigenvalue weighted by Crippen LogP contribution is 2.25. The van der Waals surface area contributed by atoms with Gasteiger partial charge in [0.25, 0.3) is 0 Å². The molecule has 0 amide bonds. The zero-order valence-electron chi connectivity index (χ0n) is 12.4. The highest BCUT2D eigenvalue weighted by molar-refractivity contribution is 5.85. The molecule has 1 aromatic carbocycles. The zero-order valence-corrected chi connectivity index (χ0v) is 12.4. The lowest BCUT2D eigenvalue weighted by Crippen LogP contribution is -2.23. The Morgan fingerprint density at radius 2 is 2.11 bits per heavy atom. The first-order chi connectivity index (χ1) is 9.11. The molecule has 0 aliphatic heterocycles. The van der Waals surface area contributed by atoms with Crippen LogP contribution in [0.5, 0.6) is 5.75 Å². The van der Waals surface area contributed by atoms with Crippen LogP contribution in [-0.2, 0) is 13.5 Å². The summed E-state index contributed by atoms with van der Waals surface area (Å²) in [6, 6.07) is 6.87. The Labute approximate surface area is 115 Å². The van der Waals surface area contributed by atoms with Crippen LogP contribution in [0.2, 0.25) is 0 Å². The van der Waals surface area contributed by atoms with Crippen LogP contribution in [0, 0.1) is 0 Å². The van der Waals surface area contributed by atoms with Crippen LogP contribution in [0.3, 0.4) is 0 Å². The van der Waals surface area contributed by atoms with E-state index in [4.69, 9.17) is 4.74 Å². The van der Waals surface area contributed by atoms with Crippen molar-refractivity contribution in [1.29, 1.82) is 0 Å². The molecule has 0 atom stereocenters. The molecule has 3 heteroatoms. The second kappa shape index (κ2) is 6.11. The minimum atomic E-state index is 0.566. The predicted molar refractivity (Wildman–Crippen MR) is 80.9 cm³/mol. The van der Waals surface area contributed by atoms with Gasteiger partial charge in [0, 0.05) is 30.7 Å². The normalized spacial score (nSPS) is 11.4. The standard InChI is InChI=1S/C16H24N2O/c1-12(2)17-9-5-6-13-11-18(3)16-10-14(19-4)7-8-15(13)16/h7-8,10-12,17H,5-6,9H2,1-4H3. The van der Waals surface area contributed by atoms with Crippen molar-refractivity contribution in [2.24, 2.45) is 7.05 Å². The summed E-state index contributed by atoms with van der Waals surface area (Å²) in [6.07, 6.45) is 4.52. The smallest absolute Gasteiger partial charge is 0.120 e. The first-order valence-electron chi connectivity index (χ1n) is 6.97. The molecule has 0 saturated heterocycles. The fourth-order valence-electron chi connectivity index (χ4n) is 2.44. The molecule has 0 radical (unpaired) electrons. The van der Waals surface area contributed by atoms with Crippen molar-refractivity contribution in [1.82, 2.24) is 9.88 Å². The van der Waals surface area contributed by atoms with Gasteiger partial charge >= 0.3 is 0 Å². The van der Waals surface area contributed by atoms with E-state index >= 15 is 0 Å². The highest BCUT2D eigenvalue weighted by Gasteiger charge is 2.07. The molecule has 0 aliphatic carbocycles. The molecule has 0 saturated carbocycles. The summed E-state index contributed by atoms with van der Waals surface area (Å²) < 4.78 is 7.47. The van der Waals surface area contributed by atoms with Gasteiger partial charge in [-0.2, -0.15) is 0 Å². The van der Waals surface area contributed by atoms with Crippen molar-refractivity contribution < 1.29 is 4.74 Å². The van der Waals surface area contributed by atoms with Crippen LogP contribution in [0.25, 0.3) is 10.9 Å². The molecule has 0 fully saturated rings. The van der Waals surface area contributed by atoms with Crippen molar-refractivity contribution >= 4 is 10.9 Å². The zero-order chi connectivity index (χ0) is 13.8. The van der Waals surface area contributed by atoms with Crippen LogP contribution < -0.4 is 10.1 Å². The Balaban J connectivity index is 2.11. The highest BCUT2D eigenvalue weighted by atomic mass is 16.5. The Kier molecular flexibility index (Phi) is 4.48. The number of methoxy groups -OCH3 is 1. The average Bonchev–Trinajstić information content (AvgIpc) is 2.71. The van der Waals surface area contributed by atoms with E-state index in [1.54, 1.807) is 7.11 Å². The van der Waals surface area contributed by atoms with Crippen molar-refractivity contribution in [2.75, 3.05) is 13.7 Å². The van der Waals surface area contributed by atoms with Crippen molar-refractivity contribution in [2.45, 2.75) is 32.7 Å². The maximum absolute atomic E-state index is 5.29. The molecule has 104 valence electrons. The van der Waals surface area contributed by atoms with E-state index in [1.807, 2.05) is 6.07 Å². The monoisotopic (exact) mass is 260 g/mol. The van der Waals surface area contributed by atoms with Gasteiger partial charge in [-0.15, -0.1) is 0 Å². The van der Waals surface area contributed by atoms with E-state index in [1.165, 1.54) is 22.9 Å². The number of nitrogens with one attached hydrogen (secondary N) is 1. The summed E-state index contributed by atoms with van der Waals surface area (Å²) in [7, 11) is 3.81. The number of hydrogen-bond acceptors (Lipinski definition) is 2. The molecule has 0 aliphatic rings. The molecular formula is C16H24N2O. The molecule has 0 bridgehead atoms. The summed E-state index contributed by atoms with van der Waals surface area (Å²) in [5.41, 5.74) is 2.66. The number of aryl methyl sites for hydroxylation is 2. The molecule has 1 aromatic heterocycles. The van der Waals surface area contributed by atoms with Crippen molar-refractivity contribution in [3.63, 3.8) is 0 Å². The Morgan fingerprint density at radius 1 is 1.32 bits per heavy atom. The lowest BCUT2D eigenvalue weighted by molar-refractivity contribution is 0.415. The van der Waals surface area contributed by atoms with Crippen molar-refractivity contribution in [3.05, 3.63) is 30.0 Å². The van der Waals surface area contributed by atoms with E-state index in [9.17, 15) is 0 Å². The third-order valence-electron chi connectivity index (χ3n) is 3.46. The van der Waals surface area contributed by atoms with Crippen LogP contribution in [-0.4, -0.2) is 24.3 Å². The summed E-state index contributed by atoms with van der Waals surface area (Å²) in [6.45, 7) is 5.44. The minimum absolute atomic E-state index is 0.566. The number of hydrogen-bond donors (Lipinski definition) is 1. The summed E-state index contributed by atoms with van der Waals surface area (Å²) in [4.78, 5) is 0. The van der Waals surface area contributed by atoms with Gasteiger partial charge in [0.1, 0.15) is 5.75 Å². The lowest BCUT2D eigenvalue weighted by Gasteiger charge is -2.07. The number of nitrogens with zero attached hydrogens (tertiary/aromatic N) is 1. The largest absolute Gasteiger partial charge is 0.497 e. The van der Waals surface area contributed by atoms with E-state index in [0.29, 0.717) is 6.04 Å². The summed E-state index contributed by atoms with van der Waals surface area (Å²) >= 11 is 0. The number of ether oxygens (including phenoxy) is 1. The average molecular weight is 260 g/mol. The minimum Gasteiger partial charge on any atom is -0.497 e. The summed E-state index contributed by atoms with van der Waals surface area (Å²) in [5, 5.41) is 4.80. The second-order valence-corrected chi connectivity index (χ2v) is 5.36. The summed E-state index contributed by atoms with van der Waals surface area (Å²) in [5.74, 6) is 0.918. The second-order valence-electron chi connectivity index (χ2n) is 5.36. The van der Waals surface area contributed by atoms with Crippen LogP contribution in [0.4, 0.5) is 0 Å². The number of benzene rings is 1. The Morgan fingerprint density at radius 3 is 2.79 bits per heavy atom. The molecule has 2 aromatic rings. The van der Waals surface area contributed by atoms with Gasteiger partial charge in [-0.1, -0.05) is 13.8 Å². The fraction of sp³-hybridized carbons (Fsp3) is 0.500. The SMILES string of the molecule is COc1ccc2c(CCCNC(C)C)cn(C)c2c1. The van der Waals surface area contributed by atoms with Gasteiger partial charge in [0.05, 0.1) is 12.6 Å². The molecule has 1 heterocycles. The van der Waals surface area contributed by atoms with E-state index < -0.39 is 0 Å². The van der Waals surface area contributed by atoms with E-state index in [-0.39, 0.29) is 0 Å². The van der Waals surface area contributed by atoms with E-state index in [0.717, 1.165) is 18.7 Å². The number of rotatable bonds is 6. The van der Waals surface area contributed by atoms with Gasteiger partial charge in [0.2, 0.25) is 0 Å².